The van der Waals surface area contributed by atoms with E-state index in [1.54, 1.807) is 0 Å². The van der Waals surface area contributed by atoms with Crippen LogP contribution in [0.4, 0.5) is 0 Å². The number of hydrogen-bond acceptors (Lipinski definition) is 3. The van der Waals surface area contributed by atoms with Gasteiger partial charge in [0, 0.05) is 40.9 Å². The second-order valence-electron chi connectivity index (χ2n) is 4.33. The minimum Gasteiger partial charge on any atom is -0.317 e. The van der Waals surface area contributed by atoms with Crippen molar-refractivity contribution >= 4 is 10.8 Å². The highest BCUT2D eigenvalue weighted by atomic mass is 32.2. The Hall–Kier alpha value is 0.0700. The van der Waals surface area contributed by atoms with Gasteiger partial charge in [0.05, 0.1) is 0 Å². The van der Waals surface area contributed by atoms with Gasteiger partial charge in [-0.1, -0.05) is 6.92 Å². The summed E-state index contributed by atoms with van der Waals surface area (Å²) in [6, 6.07) is 1.30. The maximum absolute atomic E-state index is 11.4. The van der Waals surface area contributed by atoms with Crippen molar-refractivity contribution in [3.63, 3.8) is 0 Å². The highest BCUT2D eigenvalue weighted by Gasteiger charge is 2.23. The molecule has 0 radical (unpaired) electrons. The average Bonchev–Trinajstić information content (AvgIpc) is 2.26. The molecule has 15 heavy (non-hydrogen) atoms. The zero-order chi connectivity index (χ0) is 11.3. The van der Waals surface area contributed by atoms with Crippen molar-refractivity contribution in [3.05, 3.63) is 0 Å². The predicted octanol–water partition coefficient (Wildman–Crippen LogP) is 0.827. The smallest absolute Gasteiger partial charge is 0.0362 e. The lowest BCUT2D eigenvalue weighted by Gasteiger charge is -2.37. The Morgan fingerprint density at radius 1 is 1.53 bits per heavy atom. The summed E-state index contributed by atoms with van der Waals surface area (Å²) >= 11 is 0. The zero-order valence-corrected chi connectivity index (χ0v) is 11.0. The van der Waals surface area contributed by atoms with Crippen LogP contribution in [0.3, 0.4) is 0 Å². The third-order valence-electron chi connectivity index (χ3n) is 3.35. The summed E-state index contributed by atoms with van der Waals surface area (Å²) in [7, 11) is 1.43. The van der Waals surface area contributed by atoms with E-state index < -0.39 is 10.8 Å². The molecule has 1 rings (SSSR count). The van der Waals surface area contributed by atoms with Crippen molar-refractivity contribution in [2.75, 3.05) is 31.6 Å². The number of nitrogens with zero attached hydrogens (tertiary/aromatic N) is 1. The van der Waals surface area contributed by atoms with Crippen LogP contribution < -0.4 is 5.32 Å². The highest BCUT2D eigenvalue weighted by molar-refractivity contribution is 7.84. The molecule has 0 spiro atoms. The molecule has 0 aliphatic carbocycles. The lowest BCUT2D eigenvalue weighted by Crippen LogP contribution is -2.47. The fraction of sp³-hybridized carbons (Fsp3) is 1.00. The van der Waals surface area contributed by atoms with Crippen LogP contribution in [0.2, 0.25) is 0 Å². The molecular weight excluding hydrogens is 208 g/mol. The molecule has 3 nitrogen and oxygen atoms in total. The van der Waals surface area contributed by atoms with Crippen LogP contribution >= 0.6 is 0 Å². The maximum atomic E-state index is 11.4. The molecule has 1 N–H and O–H groups in total. The fourth-order valence-electron chi connectivity index (χ4n) is 2.18. The maximum Gasteiger partial charge on any atom is 0.0362 e. The largest absolute Gasteiger partial charge is 0.317 e. The summed E-state index contributed by atoms with van der Waals surface area (Å²) in [5.41, 5.74) is 0. The molecule has 3 unspecified atom stereocenters. The van der Waals surface area contributed by atoms with Gasteiger partial charge >= 0.3 is 0 Å². The molecule has 1 heterocycles. The first-order valence-electron chi connectivity index (χ1n) is 5.93. The van der Waals surface area contributed by atoms with Crippen molar-refractivity contribution < 1.29 is 4.21 Å². The van der Waals surface area contributed by atoms with Crippen LogP contribution in [0.25, 0.3) is 0 Å². The van der Waals surface area contributed by atoms with Gasteiger partial charge in [-0.05, 0) is 33.4 Å². The van der Waals surface area contributed by atoms with Gasteiger partial charge in [-0.3, -0.25) is 9.11 Å². The van der Waals surface area contributed by atoms with E-state index in [0.717, 1.165) is 24.6 Å². The molecule has 1 saturated heterocycles. The third kappa shape index (κ3) is 4.21. The highest BCUT2D eigenvalue weighted by Crippen LogP contribution is 2.16. The van der Waals surface area contributed by atoms with Crippen molar-refractivity contribution in [1.29, 1.82) is 0 Å². The van der Waals surface area contributed by atoms with Crippen molar-refractivity contribution in [3.8, 4) is 0 Å². The topological polar surface area (TPSA) is 32.3 Å². The zero-order valence-electron chi connectivity index (χ0n) is 10.2. The lowest BCUT2D eigenvalue weighted by atomic mass is 9.99. The van der Waals surface area contributed by atoms with E-state index in [1.165, 1.54) is 12.8 Å². The standard InChI is InChI=1S/C11H24N2OS/c1-4-15(14)8-7-13-6-5-11(12-3)9-10(13)2/h10-12H,4-9H2,1-3H3. The van der Waals surface area contributed by atoms with Crippen LogP contribution in [0.1, 0.15) is 26.7 Å². The predicted molar refractivity (Wildman–Crippen MR) is 66.7 cm³/mol. The number of rotatable bonds is 5. The number of nitrogens with one attached hydrogen (secondary N) is 1. The van der Waals surface area contributed by atoms with Gasteiger partial charge in [0.2, 0.25) is 0 Å². The van der Waals surface area contributed by atoms with E-state index in [2.05, 4.69) is 17.1 Å². The minimum atomic E-state index is -0.611. The summed E-state index contributed by atoms with van der Waals surface area (Å²) in [5, 5.41) is 3.34. The third-order valence-corrected chi connectivity index (χ3v) is 4.63. The average molecular weight is 232 g/mol. The van der Waals surface area contributed by atoms with Crippen molar-refractivity contribution in [2.24, 2.45) is 0 Å². The second-order valence-corrected chi connectivity index (χ2v) is 6.19. The summed E-state index contributed by atoms with van der Waals surface area (Å²) in [6.07, 6.45) is 2.44. The Morgan fingerprint density at radius 2 is 2.27 bits per heavy atom. The molecule has 1 fully saturated rings. The number of piperidine rings is 1. The quantitative estimate of drug-likeness (QED) is 0.762. The molecule has 4 heteroatoms. The van der Waals surface area contributed by atoms with E-state index in [4.69, 9.17) is 0 Å². The molecule has 1 aliphatic heterocycles. The van der Waals surface area contributed by atoms with E-state index in [9.17, 15) is 4.21 Å². The molecule has 0 saturated carbocycles. The van der Waals surface area contributed by atoms with Gasteiger partial charge in [-0.15, -0.1) is 0 Å². The number of likely N-dealkylation sites (tertiary alicyclic amines) is 1. The fourth-order valence-corrected chi connectivity index (χ4v) is 2.91. The molecule has 0 amide bonds. The molecule has 90 valence electrons. The van der Waals surface area contributed by atoms with Crippen LogP contribution in [0.15, 0.2) is 0 Å². The molecule has 0 aromatic heterocycles. The van der Waals surface area contributed by atoms with Gasteiger partial charge in [-0.2, -0.15) is 0 Å². The Balaban J connectivity index is 2.28. The normalized spacial score (nSPS) is 30.3. The van der Waals surface area contributed by atoms with E-state index in [-0.39, 0.29) is 0 Å². The van der Waals surface area contributed by atoms with Gasteiger partial charge in [0.25, 0.3) is 0 Å². The van der Waals surface area contributed by atoms with Gasteiger partial charge in [-0.25, -0.2) is 0 Å². The first-order valence-corrected chi connectivity index (χ1v) is 7.42. The molecule has 0 bridgehead atoms. The second kappa shape index (κ2) is 6.61. The SMILES string of the molecule is CCS(=O)CCN1CCC(NC)CC1C. The number of hydrogen-bond donors (Lipinski definition) is 1. The van der Waals surface area contributed by atoms with Gasteiger partial charge in [0.1, 0.15) is 0 Å². The van der Waals surface area contributed by atoms with E-state index >= 15 is 0 Å². The Labute approximate surface area is 96.1 Å². The monoisotopic (exact) mass is 232 g/mol. The first kappa shape index (κ1) is 13.1. The minimum absolute atomic E-state index is 0.611. The summed E-state index contributed by atoms with van der Waals surface area (Å²) in [5.74, 6) is 1.63. The Bertz CT molecular complexity index is 211. The Kier molecular flexibility index (Phi) is 5.79. The van der Waals surface area contributed by atoms with Crippen LogP contribution in [0.5, 0.6) is 0 Å². The summed E-state index contributed by atoms with van der Waals surface area (Å²) < 4.78 is 11.4. The molecule has 0 aromatic carbocycles. The molecule has 1 aliphatic rings. The summed E-state index contributed by atoms with van der Waals surface area (Å²) in [6.45, 7) is 6.41. The first-order chi connectivity index (χ1) is 7.17. The molecular formula is C11H24N2OS. The van der Waals surface area contributed by atoms with Crippen LogP contribution in [-0.2, 0) is 10.8 Å². The van der Waals surface area contributed by atoms with E-state index in [1.807, 2.05) is 14.0 Å². The van der Waals surface area contributed by atoms with Crippen molar-refractivity contribution in [2.45, 2.75) is 38.8 Å². The van der Waals surface area contributed by atoms with Gasteiger partial charge in [0.15, 0.2) is 0 Å². The van der Waals surface area contributed by atoms with Crippen LogP contribution in [0, 0.1) is 0 Å². The summed E-state index contributed by atoms with van der Waals surface area (Å²) in [4.78, 5) is 2.47. The van der Waals surface area contributed by atoms with Crippen LogP contribution in [-0.4, -0.2) is 52.8 Å². The van der Waals surface area contributed by atoms with Gasteiger partial charge < -0.3 is 5.32 Å². The molecule has 3 atom stereocenters. The lowest BCUT2D eigenvalue weighted by molar-refractivity contribution is 0.147. The Morgan fingerprint density at radius 3 is 2.80 bits per heavy atom. The van der Waals surface area contributed by atoms with Crippen molar-refractivity contribution in [1.82, 2.24) is 10.2 Å². The molecule has 0 aromatic rings. The van der Waals surface area contributed by atoms with E-state index in [0.29, 0.717) is 12.1 Å².